The molecule has 93 heavy (non-hydrogen) atoms. The topological polar surface area (TPSA) is 59.7 Å². The minimum absolute atomic E-state index is 0. The first-order chi connectivity index (χ1) is 43.9. The van der Waals surface area contributed by atoms with Gasteiger partial charge in [0.15, 0.2) is 0 Å². The van der Waals surface area contributed by atoms with Gasteiger partial charge in [0.25, 0.3) is 0 Å². The molecule has 0 spiro atoms. The Bertz CT molecular complexity index is 3610. The van der Waals surface area contributed by atoms with Gasteiger partial charge in [0, 0.05) is 130 Å². The number of nitrogens with zero attached hydrogens (tertiary/aromatic N) is 7. The Labute approximate surface area is 646 Å². The van der Waals surface area contributed by atoms with Crippen LogP contribution in [0.4, 0.5) is 10.8 Å². The molecule has 0 saturated carbocycles. The van der Waals surface area contributed by atoms with Gasteiger partial charge in [-0.15, -0.1) is 34.9 Å². The predicted molar refractivity (Wildman–Crippen MR) is 409 cm³/mol. The molecule has 1 aliphatic rings. The van der Waals surface area contributed by atoms with Gasteiger partial charge in [-0.1, -0.05) is 311 Å². The van der Waals surface area contributed by atoms with Gasteiger partial charge >= 0.3 is 0 Å². The minimum atomic E-state index is 0. The summed E-state index contributed by atoms with van der Waals surface area (Å²) in [6.07, 6.45) is 9.56. The maximum Gasteiger partial charge on any atom is 0.205 e. The van der Waals surface area contributed by atoms with Crippen LogP contribution < -0.4 is 10.0 Å². The molecule has 0 bridgehead atoms. The summed E-state index contributed by atoms with van der Waals surface area (Å²) in [5, 5.41) is 25.0. The van der Waals surface area contributed by atoms with Crippen LogP contribution in [-0.2, 0) is 98.1 Å². The van der Waals surface area contributed by atoms with Crippen molar-refractivity contribution in [2.45, 2.75) is 172 Å². The van der Waals surface area contributed by atoms with Crippen molar-refractivity contribution in [3.05, 3.63) is 243 Å². The van der Waals surface area contributed by atoms with Crippen LogP contribution in [0, 0.1) is 41.5 Å². The van der Waals surface area contributed by atoms with Gasteiger partial charge in [0.2, 0.25) is 5.13 Å². The largest absolute Gasteiger partial charge is 0.300 e. The zero-order valence-corrected chi connectivity index (χ0v) is 71.5. The summed E-state index contributed by atoms with van der Waals surface area (Å²) in [5.41, 5.74) is 17.6. The summed E-state index contributed by atoms with van der Waals surface area (Å²) in [6, 6.07) is 63.5. The number of aromatic nitrogens is 1. The van der Waals surface area contributed by atoms with Crippen molar-refractivity contribution in [2.75, 3.05) is 31.2 Å². The zero-order chi connectivity index (χ0) is 68.3. The molecule has 11 rings (SSSR count). The van der Waals surface area contributed by atoms with Gasteiger partial charge in [0.1, 0.15) is 0 Å². The second-order valence-electron chi connectivity index (χ2n) is 18.4. The van der Waals surface area contributed by atoms with Crippen LogP contribution in [0.25, 0.3) is 42.9 Å². The third-order valence-corrected chi connectivity index (χ3v) is 14.1. The van der Waals surface area contributed by atoms with Crippen molar-refractivity contribution in [2.24, 2.45) is 15.3 Å². The van der Waals surface area contributed by atoms with Crippen molar-refractivity contribution in [1.29, 1.82) is 0 Å². The van der Waals surface area contributed by atoms with Gasteiger partial charge < -0.3 is 5.01 Å². The average molecular weight is 1490 g/mol. The number of thiazole rings is 1. The fourth-order valence-electron chi connectivity index (χ4n) is 8.92. The maximum absolute atomic E-state index is 4.80. The summed E-state index contributed by atoms with van der Waals surface area (Å²) in [5.74, 6) is 0. The van der Waals surface area contributed by atoms with Crippen LogP contribution >= 0.6 is 11.3 Å². The van der Waals surface area contributed by atoms with E-state index in [2.05, 4.69) is 257 Å². The Morgan fingerprint density at radius 2 is 0.720 bits per heavy atom. The molecular formula is C82H112N7SY3-3. The Morgan fingerprint density at radius 3 is 1.16 bits per heavy atom. The normalized spacial score (nSPS) is 9.88. The summed E-state index contributed by atoms with van der Waals surface area (Å²) >= 11 is 1.64. The molecular weight excluding hydrogens is 1380 g/mol. The third-order valence-electron chi connectivity index (χ3n) is 13.0. The van der Waals surface area contributed by atoms with E-state index in [-0.39, 0.29) is 104 Å². The second-order valence-corrected chi connectivity index (χ2v) is 19.4. The molecule has 1 aliphatic carbocycles. The molecule has 0 saturated heterocycles. The van der Waals surface area contributed by atoms with E-state index in [1.165, 1.54) is 76.3 Å². The van der Waals surface area contributed by atoms with Crippen molar-refractivity contribution in [3.8, 4) is 11.1 Å². The predicted octanol–water partition coefficient (Wildman–Crippen LogP) is 24.7. The molecule has 0 amide bonds. The zero-order valence-electron chi connectivity index (χ0n) is 62.2. The van der Waals surface area contributed by atoms with Crippen molar-refractivity contribution in [1.82, 2.24) is 9.99 Å². The van der Waals surface area contributed by atoms with Crippen molar-refractivity contribution >= 4 is 72.6 Å². The molecule has 11 heteroatoms. The quantitative estimate of drug-likeness (QED) is 0.0821. The smallest absolute Gasteiger partial charge is 0.205 e. The van der Waals surface area contributed by atoms with E-state index in [0.717, 1.165) is 38.6 Å². The van der Waals surface area contributed by atoms with Crippen LogP contribution in [0.1, 0.15) is 192 Å². The summed E-state index contributed by atoms with van der Waals surface area (Å²) in [6.45, 7) is 48.5. The van der Waals surface area contributed by atoms with Crippen LogP contribution in [0.5, 0.6) is 0 Å². The number of aryl methyl sites for hydroxylation is 6. The van der Waals surface area contributed by atoms with E-state index in [4.69, 9.17) is 4.98 Å². The second kappa shape index (κ2) is 55.3. The molecule has 0 unspecified atom stereocenters. The fraction of sp³-hybridized carbons (Fsp3) is 0.341. The van der Waals surface area contributed by atoms with Gasteiger partial charge in [-0.2, -0.15) is 51.6 Å². The molecule has 0 aliphatic heterocycles. The molecule has 0 atom stereocenters. The van der Waals surface area contributed by atoms with E-state index in [0.29, 0.717) is 0 Å². The molecule has 9 aromatic carbocycles. The third kappa shape index (κ3) is 28.8. The average Bonchev–Trinajstić information content (AvgIpc) is 1.67. The van der Waals surface area contributed by atoms with Crippen molar-refractivity contribution < 1.29 is 98.1 Å². The molecule has 7 nitrogen and oxygen atoms in total. The molecule has 1 heterocycles. The van der Waals surface area contributed by atoms with E-state index >= 15 is 0 Å². The number of anilines is 2. The van der Waals surface area contributed by atoms with E-state index in [1.54, 1.807) is 16.3 Å². The minimum Gasteiger partial charge on any atom is -0.300 e. The number of rotatable bonds is 9. The molecule has 1 aromatic heterocycles. The molecule has 493 valence electrons. The molecule has 3 radical (unpaired) electrons. The van der Waals surface area contributed by atoms with E-state index in [9.17, 15) is 0 Å². The Hall–Kier alpha value is -4.89. The summed E-state index contributed by atoms with van der Waals surface area (Å²) < 4.78 is 1.17. The van der Waals surface area contributed by atoms with Crippen LogP contribution in [0.3, 0.4) is 0 Å². The van der Waals surface area contributed by atoms with Gasteiger partial charge in [-0.05, 0) is 63.8 Å². The standard InChI is InChI=1S/C23H21N2.C21H18N3S.C20H19N2.9C2H6.3Y/c1-16-12-13-17(2)18(14-16)15-24-25(3)23-21-10-6-4-8-19(21)20-9-5-7-11-22(20)23;1-14-8-9-15(2)17(12-14)13-22-24(3)21-23-20-18-7-5-4-6-16(18)10-11-19(20)25-21;1-15-11-12-16(2)18(13-15)14-21-22(3)20-10-6-8-17-7-4-5-9-19(17)20;9*1-2;;;/h4-14,23H,1-3H3;4-12H,1-3H3;4-13H,1-3H3;9*1-2H3;;;/q3*-1;;;;;;;;;;;;. The number of hydrogen-bond acceptors (Lipinski definition) is 8. The molecule has 10 aromatic rings. The monoisotopic (exact) mass is 1490 g/mol. The van der Waals surface area contributed by atoms with E-state index < -0.39 is 0 Å². The maximum atomic E-state index is 4.80. The van der Waals surface area contributed by atoms with Gasteiger partial charge in [0.05, 0.1) is 21.9 Å². The molecule has 0 N–H and O–H groups in total. The van der Waals surface area contributed by atoms with Crippen molar-refractivity contribution in [3.63, 3.8) is 0 Å². The van der Waals surface area contributed by atoms with Crippen LogP contribution in [0.15, 0.2) is 197 Å². The first-order valence-electron chi connectivity index (χ1n) is 33.2. The number of benzene rings is 9. The van der Waals surface area contributed by atoms with E-state index in [1.807, 2.05) is 156 Å². The summed E-state index contributed by atoms with van der Waals surface area (Å²) in [4.78, 5) is 4.80. The summed E-state index contributed by atoms with van der Waals surface area (Å²) in [7, 11) is 5.90. The van der Waals surface area contributed by atoms with Crippen LogP contribution in [0.2, 0.25) is 0 Å². The number of hydrogen-bond donors (Lipinski definition) is 0. The number of hydrazone groups is 3. The fourth-order valence-corrected chi connectivity index (χ4v) is 9.82. The van der Waals surface area contributed by atoms with Gasteiger partial charge in [-0.25, -0.2) is 10.1 Å². The SMILES string of the molecule is CC.CC.CC.CC.CC.CC.CC.CC.CC.Cc1ccc(C)c([C-]=NN(C)C2c3ccccc3-c3ccccc32)c1.Cc1ccc(C)c([C-]=NN(C)c2cccc3ccccc23)c1.Cc1ccc(C)c([C-]=NN(C)c2nc3c(ccc4ccccc43)s2)c1.[Y].[Y].[Y]. The Kier molecular flexibility index (Phi) is 56.2. The van der Waals surface area contributed by atoms with Crippen LogP contribution in [-0.4, -0.2) is 49.8 Å². The Morgan fingerprint density at radius 1 is 0.366 bits per heavy atom. The Balaban J connectivity index is -0.000000561. The van der Waals surface area contributed by atoms with Gasteiger partial charge in [-0.3, -0.25) is 20.2 Å². The number of fused-ring (bicyclic) bond motifs is 7. The first-order valence-corrected chi connectivity index (χ1v) is 34.0. The first kappa shape index (κ1) is 94.5. The molecule has 0 fully saturated rings.